The number of ketones is 1. The third kappa shape index (κ3) is 3.18. The molecule has 2 saturated heterocycles. The van der Waals surface area contributed by atoms with E-state index in [4.69, 9.17) is 11.5 Å². The number of nitrogens with one attached hydrogen (secondary N) is 1. The number of carbonyl (C=O) groups is 1. The Hall–Kier alpha value is -2.57. The highest BCUT2D eigenvalue weighted by atomic mass is 16.1. The number of H-pyrrole nitrogens is 1. The third-order valence-electron chi connectivity index (χ3n) is 8.53. The Labute approximate surface area is 195 Å². The third-order valence-corrected chi connectivity index (χ3v) is 8.53. The molecule has 6 heteroatoms. The second kappa shape index (κ2) is 7.47. The van der Waals surface area contributed by atoms with Crippen molar-refractivity contribution >= 4 is 22.4 Å². The van der Waals surface area contributed by atoms with Crippen molar-refractivity contribution in [3.05, 3.63) is 52.4 Å². The number of carbonyl (C=O) groups excluding carboxylic acids is 1. The normalized spacial score (nSPS) is 26.0. The number of likely N-dealkylation sites (tertiary alicyclic amines) is 2. The molecule has 1 aromatic heterocycles. The number of aromatic amines is 1. The van der Waals surface area contributed by atoms with Crippen LogP contribution in [0.4, 0.5) is 5.69 Å². The fourth-order valence-corrected chi connectivity index (χ4v) is 6.68. The summed E-state index contributed by atoms with van der Waals surface area (Å²) in [5, 5.41) is 0.955. The Morgan fingerprint density at radius 1 is 1.09 bits per heavy atom. The second-order valence-electron chi connectivity index (χ2n) is 10.9. The van der Waals surface area contributed by atoms with Gasteiger partial charge in [0.2, 0.25) is 0 Å². The molecule has 6 nitrogen and oxygen atoms in total. The van der Waals surface area contributed by atoms with Crippen LogP contribution in [0.5, 0.6) is 0 Å². The molecule has 0 bridgehead atoms. The lowest BCUT2D eigenvalue weighted by Gasteiger charge is -2.43. The molecule has 2 aromatic rings. The molecule has 3 heterocycles. The van der Waals surface area contributed by atoms with Crippen molar-refractivity contribution in [2.45, 2.75) is 63.5 Å². The van der Waals surface area contributed by atoms with E-state index in [0.717, 1.165) is 46.4 Å². The summed E-state index contributed by atoms with van der Waals surface area (Å²) in [7, 11) is 0. The first-order chi connectivity index (χ1) is 15.8. The number of nitrogens with zero attached hydrogens (tertiary/aromatic N) is 2. The van der Waals surface area contributed by atoms with Crippen molar-refractivity contribution in [1.82, 2.24) is 14.8 Å². The molecule has 33 heavy (non-hydrogen) atoms. The molecular weight excluding hydrogens is 410 g/mol. The van der Waals surface area contributed by atoms with E-state index in [1.54, 1.807) is 0 Å². The maximum Gasteiger partial charge on any atom is 0.191 e. The Bertz CT molecular complexity index is 1190. The van der Waals surface area contributed by atoms with Gasteiger partial charge in [-0.25, -0.2) is 0 Å². The molecule has 6 rings (SSSR count). The Balaban J connectivity index is 1.34. The monoisotopic (exact) mass is 445 g/mol. The standard InChI is InChI=1S/C27H35N5O/c1-27(2)20-15-23(32-11-7-17(8-12-32)31-9-3-4-10-31)21(29)14-19(20)25(33)24-18-6-5-16(28)13-22(18)30-26(24)27/h5-6,13,15,17,21,30H,3-4,7-12,14,28-29H2,1-2H3. The number of piperidine rings is 1. The summed E-state index contributed by atoms with van der Waals surface area (Å²) in [6.07, 6.45) is 7.95. The van der Waals surface area contributed by atoms with Gasteiger partial charge in [-0.05, 0) is 69.0 Å². The number of hydrogen-bond donors (Lipinski definition) is 3. The zero-order valence-electron chi connectivity index (χ0n) is 19.8. The molecule has 0 amide bonds. The second-order valence-corrected chi connectivity index (χ2v) is 10.9. The molecule has 2 aliphatic carbocycles. The van der Waals surface area contributed by atoms with Gasteiger partial charge in [0.1, 0.15) is 0 Å². The number of nitrogens with two attached hydrogens (primary N) is 2. The van der Waals surface area contributed by atoms with Crippen molar-refractivity contribution < 1.29 is 4.79 Å². The van der Waals surface area contributed by atoms with Gasteiger partial charge in [-0.3, -0.25) is 4.79 Å². The molecular formula is C27H35N5O. The fourth-order valence-electron chi connectivity index (χ4n) is 6.68. The van der Waals surface area contributed by atoms with Crippen LogP contribution >= 0.6 is 0 Å². The highest BCUT2D eigenvalue weighted by Crippen LogP contribution is 2.47. The van der Waals surface area contributed by atoms with Crippen molar-refractivity contribution in [1.29, 1.82) is 0 Å². The predicted octanol–water partition coefficient (Wildman–Crippen LogP) is 3.70. The summed E-state index contributed by atoms with van der Waals surface area (Å²) in [6.45, 7) is 9.06. The molecule has 0 radical (unpaired) electrons. The number of benzene rings is 1. The lowest BCUT2D eigenvalue weighted by atomic mass is 9.67. The number of Topliss-reactive ketones (excluding diaryl/α,β-unsaturated/α-hetero) is 1. The van der Waals surface area contributed by atoms with E-state index in [9.17, 15) is 4.79 Å². The largest absolute Gasteiger partial charge is 0.399 e. The first kappa shape index (κ1) is 21.0. The van der Waals surface area contributed by atoms with Gasteiger partial charge in [0.15, 0.2) is 5.78 Å². The van der Waals surface area contributed by atoms with Crippen LogP contribution in [-0.4, -0.2) is 58.8 Å². The summed E-state index contributed by atoms with van der Waals surface area (Å²) in [5.41, 5.74) is 19.1. The lowest BCUT2D eigenvalue weighted by molar-refractivity contribution is 0.102. The average molecular weight is 446 g/mol. The van der Waals surface area contributed by atoms with Crippen molar-refractivity contribution in [3.63, 3.8) is 0 Å². The van der Waals surface area contributed by atoms with Gasteiger partial charge >= 0.3 is 0 Å². The van der Waals surface area contributed by atoms with E-state index in [2.05, 4.69) is 34.7 Å². The fraction of sp³-hybridized carbons (Fsp3) is 0.519. The minimum absolute atomic E-state index is 0.119. The summed E-state index contributed by atoms with van der Waals surface area (Å²) in [6, 6.07) is 6.35. The maximum absolute atomic E-state index is 13.7. The van der Waals surface area contributed by atoms with Crippen molar-refractivity contribution in [3.8, 4) is 0 Å². The van der Waals surface area contributed by atoms with Gasteiger partial charge in [0.25, 0.3) is 0 Å². The van der Waals surface area contributed by atoms with E-state index in [1.807, 2.05) is 18.2 Å². The van der Waals surface area contributed by atoms with Gasteiger partial charge < -0.3 is 26.3 Å². The number of allylic oxidation sites excluding steroid dienone is 2. The number of hydrogen-bond acceptors (Lipinski definition) is 5. The van der Waals surface area contributed by atoms with Crippen LogP contribution in [0.2, 0.25) is 0 Å². The van der Waals surface area contributed by atoms with E-state index < -0.39 is 0 Å². The van der Waals surface area contributed by atoms with E-state index in [-0.39, 0.29) is 17.2 Å². The minimum atomic E-state index is -0.300. The smallest absolute Gasteiger partial charge is 0.191 e. The van der Waals surface area contributed by atoms with Crippen molar-refractivity contribution in [2.24, 2.45) is 5.73 Å². The molecule has 5 N–H and O–H groups in total. The summed E-state index contributed by atoms with van der Waals surface area (Å²) < 4.78 is 0. The average Bonchev–Trinajstić information content (AvgIpc) is 3.46. The minimum Gasteiger partial charge on any atom is -0.399 e. The molecule has 1 unspecified atom stereocenters. The number of nitrogen functional groups attached to an aromatic ring is 1. The summed E-state index contributed by atoms with van der Waals surface area (Å²) in [4.78, 5) is 22.4. The molecule has 174 valence electrons. The lowest BCUT2D eigenvalue weighted by Crippen LogP contribution is -2.47. The Kier molecular flexibility index (Phi) is 4.75. The first-order valence-electron chi connectivity index (χ1n) is 12.5. The van der Waals surface area contributed by atoms with E-state index in [1.165, 1.54) is 44.5 Å². The zero-order valence-corrected chi connectivity index (χ0v) is 19.8. The van der Waals surface area contributed by atoms with Gasteiger partial charge in [-0.15, -0.1) is 0 Å². The number of aromatic nitrogens is 1. The summed E-state index contributed by atoms with van der Waals surface area (Å²) >= 11 is 0. The molecule has 2 aliphatic heterocycles. The van der Waals surface area contributed by atoms with Crippen molar-refractivity contribution in [2.75, 3.05) is 31.9 Å². The van der Waals surface area contributed by atoms with Gasteiger partial charge in [-0.1, -0.05) is 19.9 Å². The molecule has 2 fully saturated rings. The number of anilines is 1. The number of rotatable bonds is 2. The van der Waals surface area contributed by atoms with Crippen LogP contribution in [-0.2, 0) is 5.41 Å². The molecule has 1 atom stereocenters. The Morgan fingerprint density at radius 3 is 2.55 bits per heavy atom. The quantitative estimate of drug-likeness (QED) is 0.613. The number of fused-ring (bicyclic) bond motifs is 3. The highest BCUT2D eigenvalue weighted by molar-refractivity contribution is 6.20. The van der Waals surface area contributed by atoms with Crippen LogP contribution < -0.4 is 11.5 Å². The highest BCUT2D eigenvalue weighted by Gasteiger charge is 2.43. The molecule has 1 aromatic carbocycles. The zero-order chi connectivity index (χ0) is 22.9. The van der Waals surface area contributed by atoms with Crippen LogP contribution in [0.3, 0.4) is 0 Å². The van der Waals surface area contributed by atoms with Crippen LogP contribution in [0.1, 0.15) is 62.0 Å². The van der Waals surface area contributed by atoms with Crippen LogP contribution in [0.15, 0.2) is 41.1 Å². The van der Waals surface area contributed by atoms with Gasteiger partial charge in [0, 0.05) is 64.1 Å². The SMILES string of the molecule is CC1(C)C2=C(CC(N)C(N3CCC(N4CCCC4)CC3)=C2)C(=O)c2c1[nH]c1cc(N)ccc21. The van der Waals surface area contributed by atoms with E-state index >= 15 is 0 Å². The molecule has 4 aliphatic rings. The van der Waals surface area contributed by atoms with Crippen LogP contribution in [0, 0.1) is 0 Å². The molecule has 0 spiro atoms. The van der Waals surface area contributed by atoms with Gasteiger partial charge in [0.05, 0.1) is 5.56 Å². The topological polar surface area (TPSA) is 91.4 Å². The maximum atomic E-state index is 13.7. The Morgan fingerprint density at radius 2 is 1.82 bits per heavy atom. The summed E-state index contributed by atoms with van der Waals surface area (Å²) in [5.74, 6) is 0.119. The molecule has 0 saturated carbocycles. The van der Waals surface area contributed by atoms with Gasteiger partial charge in [-0.2, -0.15) is 0 Å². The predicted molar refractivity (Wildman–Crippen MR) is 133 cm³/mol. The first-order valence-corrected chi connectivity index (χ1v) is 12.5. The van der Waals surface area contributed by atoms with Crippen LogP contribution in [0.25, 0.3) is 10.9 Å². The van der Waals surface area contributed by atoms with E-state index in [0.29, 0.717) is 18.2 Å².